The van der Waals surface area contributed by atoms with Crippen molar-refractivity contribution in [3.8, 4) is 22.8 Å². The smallest absolute Gasteiger partial charge is 0.163 e. The Hall–Kier alpha value is -3.26. The molecule has 0 atom stereocenters. The van der Waals surface area contributed by atoms with Crippen LogP contribution < -0.4 is 19.7 Å². The molecular weight excluding hydrogens is 446 g/mol. The minimum atomic E-state index is 0.550. The fourth-order valence-corrected chi connectivity index (χ4v) is 3.73. The highest BCUT2D eigenvalue weighted by atomic mass is 79.9. The van der Waals surface area contributed by atoms with Gasteiger partial charge in [-0.15, -0.1) is 0 Å². The van der Waals surface area contributed by atoms with Crippen LogP contribution >= 0.6 is 15.9 Å². The monoisotopic (exact) mass is 465 g/mol. The van der Waals surface area contributed by atoms with E-state index in [1.165, 1.54) is 0 Å². The van der Waals surface area contributed by atoms with Gasteiger partial charge < -0.3 is 19.7 Å². The van der Waals surface area contributed by atoms with E-state index in [4.69, 9.17) is 14.5 Å². The Balaban J connectivity index is 1.60. The van der Waals surface area contributed by atoms with Gasteiger partial charge in [0.05, 0.1) is 6.20 Å². The Morgan fingerprint density at radius 2 is 1.80 bits per heavy atom. The predicted molar refractivity (Wildman–Crippen MR) is 121 cm³/mol. The molecule has 0 aliphatic carbocycles. The molecule has 0 bridgehead atoms. The van der Waals surface area contributed by atoms with E-state index in [0.29, 0.717) is 13.2 Å². The summed E-state index contributed by atoms with van der Waals surface area (Å²) >= 11 is 3.46. The normalized spacial score (nSPS) is 12.8. The number of hydrogen-bond donors (Lipinski definition) is 1. The first kappa shape index (κ1) is 18.7. The molecule has 0 saturated carbocycles. The largest absolute Gasteiger partial charge is 0.486 e. The van der Waals surface area contributed by atoms with E-state index in [1.807, 2.05) is 42.9 Å². The van der Waals surface area contributed by atoms with Crippen LogP contribution in [0.3, 0.4) is 0 Å². The van der Waals surface area contributed by atoms with Crippen molar-refractivity contribution in [3.05, 3.63) is 59.5 Å². The molecule has 1 aliphatic rings. The number of aromatic nitrogens is 3. The van der Waals surface area contributed by atoms with Crippen molar-refractivity contribution in [2.24, 2.45) is 0 Å². The van der Waals surface area contributed by atoms with Gasteiger partial charge in [-0.25, -0.2) is 9.97 Å². The Bertz CT molecular complexity index is 1220. The number of fused-ring (bicyclic) bond motifs is 2. The molecule has 2 aromatic heterocycles. The SMILES string of the molecule is CN(C)c1ccc(-c2nc3cnc(Br)cn3c2Nc2ccc3c(c2)OCCO3)cc1. The zero-order chi connectivity index (χ0) is 20.7. The van der Waals surface area contributed by atoms with Gasteiger partial charge in [0, 0.05) is 43.3 Å². The van der Waals surface area contributed by atoms with E-state index >= 15 is 0 Å². The molecule has 1 N–H and O–H groups in total. The van der Waals surface area contributed by atoms with Crippen molar-refractivity contribution in [1.29, 1.82) is 0 Å². The lowest BCUT2D eigenvalue weighted by Crippen LogP contribution is -2.15. The van der Waals surface area contributed by atoms with Gasteiger partial charge in [0.15, 0.2) is 17.1 Å². The van der Waals surface area contributed by atoms with Crippen molar-refractivity contribution >= 4 is 38.8 Å². The molecule has 0 unspecified atom stereocenters. The highest BCUT2D eigenvalue weighted by molar-refractivity contribution is 9.10. The van der Waals surface area contributed by atoms with Crippen LogP contribution in [0.5, 0.6) is 11.5 Å². The van der Waals surface area contributed by atoms with Gasteiger partial charge in [0.25, 0.3) is 0 Å². The first-order valence-corrected chi connectivity index (χ1v) is 10.4. The van der Waals surface area contributed by atoms with Crippen molar-refractivity contribution in [2.75, 3.05) is 37.5 Å². The summed E-state index contributed by atoms with van der Waals surface area (Å²) in [4.78, 5) is 11.2. The van der Waals surface area contributed by atoms with E-state index in [2.05, 4.69) is 55.4 Å². The van der Waals surface area contributed by atoms with E-state index in [1.54, 1.807) is 6.20 Å². The lowest BCUT2D eigenvalue weighted by atomic mass is 10.1. The number of nitrogens with zero attached hydrogens (tertiary/aromatic N) is 4. The van der Waals surface area contributed by atoms with E-state index in [9.17, 15) is 0 Å². The molecule has 7 nitrogen and oxygen atoms in total. The molecule has 0 radical (unpaired) electrons. The minimum absolute atomic E-state index is 0.550. The van der Waals surface area contributed by atoms with Gasteiger partial charge in [0.1, 0.15) is 29.3 Å². The molecule has 2 aromatic carbocycles. The van der Waals surface area contributed by atoms with Crippen molar-refractivity contribution in [3.63, 3.8) is 0 Å². The molecular formula is C22H20BrN5O2. The lowest BCUT2D eigenvalue weighted by Gasteiger charge is -2.19. The number of rotatable bonds is 4. The summed E-state index contributed by atoms with van der Waals surface area (Å²) < 4.78 is 14.1. The number of anilines is 3. The summed E-state index contributed by atoms with van der Waals surface area (Å²) in [7, 11) is 4.05. The Kier molecular flexibility index (Phi) is 4.71. The number of hydrogen-bond acceptors (Lipinski definition) is 6. The van der Waals surface area contributed by atoms with E-state index < -0.39 is 0 Å². The first-order chi connectivity index (χ1) is 14.6. The van der Waals surface area contributed by atoms with Crippen LogP contribution in [0.2, 0.25) is 0 Å². The van der Waals surface area contributed by atoms with Crippen molar-refractivity contribution < 1.29 is 9.47 Å². The lowest BCUT2D eigenvalue weighted by molar-refractivity contribution is 0.171. The molecule has 0 saturated heterocycles. The highest BCUT2D eigenvalue weighted by Gasteiger charge is 2.17. The van der Waals surface area contributed by atoms with Crippen LogP contribution in [-0.4, -0.2) is 41.7 Å². The van der Waals surface area contributed by atoms with Gasteiger partial charge in [0.2, 0.25) is 0 Å². The maximum absolute atomic E-state index is 5.73. The Morgan fingerprint density at radius 1 is 1.03 bits per heavy atom. The summed E-state index contributed by atoms with van der Waals surface area (Å²) in [5, 5.41) is 3.51. The molecule has 152 valence electrons. The van der Waals surface area contributed by atoms with Crippen LogP contribution in [0.4, 0.5) is 17.2 Å². The molecule has 3 heterocycles. The average molecular weight is 466 g/mol. The van der Waals surface area contributed by atoms with Crippen LogP contribution in [0.1, 0.15) is 0 Å². The van der Waals surface area contributed by atoms with E-state index in [-0.39, 0.29) is 0 Å². The third-order valence-corrected chi connectivity index (χ3v) is 5.35. The quantitative estimate of drug-likeness (QED) is 0.469. The number of benzene rings is 2. The minimum Gasteiger partial charge on any atom is -0.486 e. The molecule has 0 fully saturated rings. The maximum atomic E-state index is 5.73. The van der Waals surface area contributed by atoms with Crippen LogP contribution in [0.25, 0.3) is 16.9 Å². The summed E-state index contributed by atoms with van der Waals surface area (Å²) in [6.07, 6.45) is 3.65. The number of imidazole rings is 1. The van der Waals surface area contributed by atoms with Gasteiger partial charge in [-0.3, -0.25) is 4.40 Å². The third kappa shape index (κ3) is 3.43. The molecule has 4 aromatic rings. The summed E-state index contributed by atoms with van der Waals surface area (Å²) in [6.45, 7) is 1.12. The standard InChI is InChI=1S/C22H20BrN5O2/c1-27(2)16-6-3-14(4-7-16)21-22(28-13-19(23)24-12-20(28)26-21)25-15-5-8-17-18(11-15)30-10-9-29-17/h3-8,11-13,25H,9-10H2,1-2H3. The molecule has 1 aliphatic heterocycles. The Labute approximate surface area is 182 Å². The molecule has 0 amide bonds. The molecule has 5 rings (SSSR count). The van der Waals surface area contributed by atoms with Gasteiger partial charge in [-0.05, 0) is 40.2 Å². The molecule has 30 heavy (non-hydrogen) atoms. The summed E-state index contributed by atoms with van der Waals surface area (Å²) in [6, 6.07) is 14.2. The van der Waals surface area contributed by atoms with Crippen molar-refractivity contribution in [1.82, 2.24) is 14.4 Å². The summed E-state index contributed by atoms with van der Waals surface area (Å²) in [5.74, 6) is 2.35. The van der Waals surface area contributed by atoms with Gasteiger partial charge in [-0.1, -0.05) is 12.1 Å². The van der Waals surface area contributed by atoms with Gasteiger partial charge >= 0.3 is 0 Å². The van der Waals surface area contributed by atoms with E-state index in [0.717, 1.165) is 50.2 Å². The summed E-state index contributed by atoms with van der Waals surface area (Å²) in [5.41, 5.74) is 4.63. The Morgan fingerprint density at radius 3 is 2.57 bits per heavy atom. The van der Waals surface area contributed by atoms with Gasteiger partial charge in [-0.2, -0.15) is 0 Å². The second-order valence-corrected chi connectivity index (χ2v) is 7.98. The number of ether oxygens (including phenoxy) is 2. The number of halogens is 1. The zero-order valence-electron chi connectivity index (χ0n) is 16.6. The van der Waals surface area contributed by atoms with Crippen molar-refractivity contribution in [2.45, 2.75) is 0 Å². The highest BCUT2D eigenvalue weighted by Crippen LogP contribution is 2.36. The average Bonchev–Trinajstić information content (AvgIpc) is 3.11. The van der Waals surface area contributed by atoms with Crippen LogP contribution in [0, 0.1) is 0 Å². The van der Waals surface area contributed by atoms with Crippen LogP contribution in [-0.2, 0) is 0 Å². The number of nitrogens with one attached hydrogen (secondary N) is 1. The molecule has 8 heteroatoms. The fraction of sp³-hybridized carbons (Fsp3) is 0.182. The second-order valence-electron chi connectivity index (χ2n) is 7.17. The first-order valence-electron chi connectivity index (χ1n) is 9.56. The predicted octanol–water partition coefficient (Wildman–Crippen LogP) is 4.74. The fourth-order valence-electron chi connectivity index (χ4n) is 3.43. The van der Waals surface area contributed by atoms with Crippen LogP contribution in [0.15, 0.2) is 59.5 Å². The maximum Gasteiger partial charge on any atom is 0.163 e. The topological polar surface area (TPSA) is 63.9 Å². The molecule has 0 spiro atoms. The zero-order valence-corrected chi connectivity index (χ0v) is 18.2. The third-order valence-electron chi connectivity index (χ3n) is 4.94. The second kappa shape index (κ2) is 7.53.